The van der Waals surface area contributed by atoms with Crippen molar-refractivity contribution in [2.45, 2.75) is 31.7 Å². The standard InChI is InChI=1S/C32H27F7N8O2/c1-31(2,49)28-27(47-16-41-43-44-47)26(35)25(30(36)42-28)21-7-5-19(14-22(21)20-6-4-18(33)13-23(20)34)45-9-11-46(12-10-45)24-8-3-17(15-40-24)29(48)32(37,38)39/h3-8,13-16,29,48-49H,9-12H2,1-2H3/t29-/m1/s1. The minimum atomic E-state index is -4.83. The van der Waals surface area contributed by atoms with E-state index in [4.69, 9.17) is 0 Å². The fourth-order valence-electron chi connectivity index (χ4n) is 5.66. The minimum absolute atomic E-state index is 0.0104. The molecule has 1 fully saturated rings. The van der Waals surface area contributed by atoms with E-state index < -0.39 is 63.8 Å². The summed E-state index contributed by atoms with van der Waals surface area (Å²) >= 11 is 0. The number of rotatable bonds is 7. The van der Waals surface area contributed by atoms with Crippen LogP contribution in [0, 0.1) is 23.4 Å². The number of hydrogen-bond donors (Lipinski definition) is 2. The zero-order chi connectivity index (χ0) is 35.2. The van der Waals surface area contributed by atoms with E-state index in [0.717, 1.165) is 35.4 Å². The molecule has 256 valence electrons. The highest BCUT2D eigenvalue weighted by Gasteiger charge is 2.39. The zero-order valence-electron chi connectivity index (χ0n) is 25.8. The SMILES string of the molecule is CC(C)(O)c1nc(F)c(-c2ccc(N3CCN(c4ccc([C@@H](O)C(F)(F)F)cn4)CC3)cc2-c2ccc(F)cc2F)c(F)c1-n1cnnn1. The Labute approximate surface area is 274 Å². The number of halogens is 7. The fraction of sp³-hybridized carbons (Fsp3) is 0.281. The summed E-state index contributed by atoms with van der Waals surface area (Å²) in [6.45, 7) is 4.03. The minimum Gasteiger partial charge on any atom is -0.384 e. The van der Waals surface area contributed by atoms with Crippen LogP contribution < -0.4 is 9.80 Å². The summed E-state index contributed by atoms with van der Waals surface area (Å²) in [5.74, 6) is -3.95. The molecule has 2 aromatic carbocycles. The van der Waals surface area contributed by atoms with Crippen molar-refractivity contribution in [1.29, 1.82) is 0 Å². The van der Waals surface area contributed by atoms with E-state index in [-0.39, 0.29) is 16.7 Å². The van der Waals surface area contributed by atoms with Gasteiger partial charge in [0.1, 0.15) is 40.8 Å². The van der Waals surface area contributed by atoms with Gasteiger partial charge in [-0.3, -0.25) is 0 Å². The topological polar surface area (TPSA) is 116 Å². The summed E-state index contributed by atoms with van der Waals surface area (Å²) in [5.41, 5.74) is -3.47. The van der Waals surface area contributed by atoms with E-state index in [1.165, 1.54) is 32.0 Å². The number of alkyl halides is 3. The van der Waals surface area contributed by atoms with Crippen LogP contribution in [-0.4, -0.2) is 72.7 Å². The lowest BCUT2D eigenvalue weighted by Gasteiger charge is -2.37. The number of aliphatic hydroxyl groups excluding tert-OH is 1. The van der Waals surface area contributed by atoms with Gasteiger partial charge in [0.25, 0.3) is 0 Å². The predicted molar refractivity (Wildman–Crippen MR) is 163 cm³/mol. The first-order valence-corrected chi connectivity index (χ1v) is 14.8. The second kappa shape index (κ2) is 12.7. The molecular formula is C32H27F7N8O2. The largest absolute Gasteiger partial charge is 0.418 e. The van der Waals surface area contributed by atoms with Crippen LogP contribution >= 0.6 is 0 Å². The summed E-state index contributed by atoms with van der Waals surface area (Å²) in [5, 5.41) is 30.8. The smallest absolute Gasteiger partial charge is 0.384 e. The van der Waals surface area contributed by atoms with E-state index in [1.54, 1.807) is 6.07 Å². The zero-order valence-corrected chi connectivity index (χ0v) is 25.8. The van der Waals surface area contributed by atoms with Crippen molar-refractivity contribution >= 4 is 11.5 Å². The molecule has 5 aromatic rings. The summed E-state index contributed by atoms with van der Waals surface area (Å²) in [4.78, 5) is 11.7. The van der Waals surface area contributed by atoms with E-state index in [0.29, 0.717) is 43.8 Å². The maximum atomic E-state index is 16.5. The summed E-state index contributed by atoms with van der Waals surface area (Å²) in [6.07, 6.45) is -5.48. The van der Waals surface area contributed by atoms with Crippen LogP contribution in [0.2, 0.25) is 0 Å². The normalized spacial score (nSPS) is 14.8. The van der Waals surface area contributed by atoms with E-state index in [9.17, 15) is 27.8 Å². The van der Waals surface area contributed by atoms with Crippen LogP contribution in [0.25, 0.3) is 27.9 Å². The van der Waals surface area contributed by atoms with E-state index in [2.05, 4.69) is 25.5 Å². The maximum absolute atomic E-state index is 16.5. The Bertz CT molecular complexity index is 1980. The van der Waals surface area contributed by atoms with Gasteiger partial charge in [-0.2, -0.15) is 22.2 Å². The third-order valence-corrected chi connectivity index (χ3v) is 8.08. The van der Waals surface area contributed by atoms with Gasteiger partial charge in [-0.25, -0.2) is 23.1 Å². The van der Waals surface area contributed by atoms with Crippen LogP contribution in [0.3, 0.4) is 0 Å². The van der Waals surface area contributed by atoms with Gasteiger partial charge in [0, 0.05) is 55.3 Å². The van der Waals surface area contributed by atoms with Crippen molar-refractivity contribution in [3.05, 3.63) is 95.7 Å². The first-order chi connectivity index (χ1) is 23.1. The van der Waals surface area contributed by atoms with Crippen LogP contribution in [0.4, 0.5) is 42.2 Å². The molecule has 0 amide bonds. The number of nitrogens with zero attached hydrogens (tertiary/aromatic N) is 8. The molecule has 0 saturated carbocycles. The molecule has 1 aliphatic heterocycles. The maximum Gasteiger partial charge on any atom is 0.418 e. The van der Waals surface area contributed by atoms with Gasteiger partial charge in [0.2, 0.25) is 5.95 Å². The van der Waals surface area contributed by atoms with Crippen LogP contribution in [-0.2, 0) is 5.60 Å². The van der Waals surface area contributed by atoms with Crippen LogP contribution in [0.5, 0.6) is 0 Å². The van der Waals surface area contributed by atoms with E-state index in [1.807, 2.05) is 9.80 Å². The molecule has 3 aromatic heterocycles. The Morgan fingerprint density at radius 2 is 1.53 bits per heavy atom. The average Bonchev–Trinajstić information content (AvgIpc) is 3.58. The van der Waals surface area contributed by atoms with Gasteiger partial charge in [0.15, 0.2) is 11.9 Å². The van der Waals surface area contributed by atoms with E-state index >= 15 is 13.2 Å². The van der Waals surface area contributed by atoms with Crippen LogP contribution in [0.1, 0.15) is 31.2 Å². The van der Waals surface area contributed by atoms with Gasteiger partial charge in [-0.15, -0.1) is 5.10 Å². The van der Waals surface area contributed by atoms with Crippen molar-refractivity contribution in [2.24, 2.45) is 0 Å². The van der Waals surface area contributed by atoms with Gasteiger partial charge < -0.3 is 20.0 Å². The number of tetrazole rings is 1. The number of aliphatic hydroxyl groups is 2. The molecule has 1 saturated heterocycles. The van der Waals surface area contributed by atoms with Crippen molar-refractivity contribution in [3.63, 3.8) is 0 Å². The third-order valence-electron chi connectivity index (χ3n) is 8.08. The fourth-order valence-corrected chi connectivity index (χ4v) is 5.66. The molecule has 0 aliphatic carbocycles. The highest BCUT2D eigenvalue weighted by molar-refractivity contribution is 5.87. The van der Waals surface area contributed by atoms with Gasteiger partial charge >= 0.3 is 6.18 Å². The third kappa shape index (κ3) is 6.63. The van der Waals surface area contributed by atoms with Gasteiger partial charge in [-0.05, 0) is 65.7 Å². The quantitative estimate of drug-likeness (QED) is 0.169. The number of pyridine rings is 2. The number of benzene rings is 2. The number of hydrogen-bond acceptors (Lipinski definition) is 9. The number of aromatic nitrogens is 6. The summed E-state index contributed by atoms with van der Waals surface area (Å²) in [7, 11) is 0. The monoisotopic (exact) mass is 688 g/mol. The molecule has 10 nitrogen and oxygen atoms in total. The molecule has 1 aliphatic rings. The Balaban J connectivity index is 1.37. The Hall–Kier alpha value is -5.16. The Morgan fingerprint density at radius 1 is 0.837 bits per heavy atom. The van der Waals surface area contributed by atoms with Crippen molar-refractivity contribution < 1.29 is 40.9 Å². The molecule has 6 rings (SSSR count). The average molecular weight is 689 g/mol. The molecule has 49 heavy (non-hydrogen) atoms. The lowest BCUT2D eigenvalue weighted by atomic mass is 9.92. The molecule has 0 spiro atoms. The second-order valence-electron chi connectivity index (χ2n) is 11.8. The van der Waals surface area contributed by atoms with Crippen LogP contribution in [0.15, 0.2) is 61.1 Å². The van der Waals surface area contributed by atoms with Crippen molar-refractivity contribution in [1.82, 2.24) is 30.2 Å². The van der Waals surface area contributed by atoms with Gasteiger partial charge in [-0.1, -0.05) is 12.1 Å². The lowest BCUT2D eigenvalue weighted by Crippen LogP contribution is -2.46. The molecule has 1 atom stereocenters. The molecule has 2 N–H and O–H groups in total. The summed E-state index contributed by atoms with van der Waals surface area (Å²) in [6, 6.07) is 9.79. The molecule has 4 heterocycles. The molecule has 0 radical (unpaired) electrons. The first-order valence-electron chi connectivity index (χ1n) is 14.8. The predicted octanol–water partition coefficient (Wildman–Crippen LogP) is 5.49. The highest BCUT2D eigenvalue weighted by Crippen LogP contribution is 2.42. The van der Waals surface area contributed by atoms with Crippen molar-refractivity contribution in [3.8, 4) is 27.9 Å². The number of piperazine rings is 1. The second-order valence-corrected chi connectivity index (χ2v) is 11.8. The van der Waals surface area contributed by atoms with Gasteiger partial charge in [0.05, 0.1) is 5.56 Å². The molecule has 0 bridgehead atoms. The Morgan fingerprint density at radius 3 is 2.12 bits per heavy atom. The first kappa shape index (κ1) is 33.7. The Kier molecular flexibility index (Phi) is 8.74. The molecule has 0 unspecified atom stereocenters. The number of anilines is 2. The molecule has 17 heteroatoms. The lowest BCUT2D eigenvalue weighted by molar-refractivity contribution is -0.206. The summed E-state index contributed by atoms with van der Waals surface area (Å²) < 4.78 is 101. The molecular weight excluding hydrogens is 661 g/mol. The highest BCUT2D eigenvalue weighted by atomic mass is 19.4. The van der Waals surface area contributed by atoms with Crippen molar-refractivity contribution in [2.75, 3.05) is 36.0 Å².